The highest BCUT2D eigenvalue weighted by molar-refractivity contribution is 7.90. The molecule has 0 aliphatic rings. The second kappa shape index (κ2) is 5.57. The maximum Gasteiger partial charge on any atom is 0.182 e. The van der Waals surface area contributed by atoms with Crippen LogP contribution in [0.3, 0.4) is 0 Å². The molecule has 100 valence electrons. The minimum absolute atomic E-state index is 0.0510. The lowest BCUT2D eigenvalue weighted by Crippen LogP contribution is -2.04. The fourth-order valence-electron chi connectivity index (χ4n) is 1.93. The van der Waals surface area contributed by atoms with Gasteiger partial charge in [-0.1, -0.05) is 56.3 Å². The standard InChI is InChI=1S/C16H18O2S/c1-13(2)15-10-8-14(9-11-15)12-19(17,18)16-6-4-3-5-7-16/h3-11,13H,12H2,1-2H3. The second-order valence-corrected chi connectivity index (χ2v) is 6.96. The van der Waals surface area contributed by atoms with Crippen LogP contribution in [-0.2, 0) is 15.6 Å². The minimum Gasteiger partial charge on any atom is -0.223 e. The van der Waals surface area contributed by atoms with Crippen LogP contribution < -0.4 is 0 Å². The van der Waals surface area contributed by atoms with Gasteiger partial charge in [-0.05, 0) is 29.2 Å². The number of hydrogen-bond acceptors (Lipinski definition) is 2. The summed E-state index contributed by atoms with van der Waals surface area (Å²) in [4.78, 5) is 0.378. The molecule has 0 radical (unpaired) electrons. The van der Waals surface area contributed by atoms with Crippen LogP contribution in [0.25, 0.3) is 0 Å². The Kier molecular flexibility index (Phi) is 4.05. The molecule has 0 unspecified atom stereocenters. The van der Waals surface area contributed by atoms with Crippen LogP contribution in [0.5, 0.6) is 0 Å². The normalized spacial score (nSPS) is 11.7. The summed E-state index contributed by atoms with van der Waals surface area (Å²) in [5.41, 5.74) is 2.05. The average molecular weight is 274 g/mol. The molecule has 0 spiro atoms. The van der Waals surface area contributed by atoms with Crippen LogP contribution in [0.4, 0.5) is 0 Å². The Balaban J connectivity index is 2.21. The van der Waals surface area contributed by atoms with Crippen molar-refractivity contribution in [2.75, 3.05) is 0 Å². The zero-order chi connectivity index (χ0) is 13.9. The molecule has 0 saturated heterocycles. The maximum absolute atomic E-state index is 12.2. The largest absolute Gasteiger partial charge is 0.223 e. The van der Waals surface area contributed by atoms with Crippen molar-refractivity contribution in [1.29, 1.82) is 0 Å². The first-order valence-corrected chi connectivity index (χ1v) is 8.01. The zero-order valence-electron chi connectivity index (χ0n) is 11.2. The van der Waals surface area contributed by atoms with E-state index in [9.17, 15) is 8.42 Å². The van der Waals surface area contributed by atoms with Crippen LogP contribution in [0, 0.1) is 0 Å². The van der Waals surface area contributed by atoms with Crippen LogP contribution in [0.2, 0.25) is 0 Å². The molecule has 2 nitrogen and oxygen atoms in total. The highest BCUT2D eigenvalue weighted by Gasteiger charge is 2.14. The van der Waals surface area contributed by atoms with Gasteiger partial charge in [-0.2, -0.15) is 0 Å². The highest BCUT2D eigenvalue weighted by atomic mass is 32.2. The molecule has 2 aromatic carbocycles. The van der Waals surface area contributed by atoms with E-state index in [0.29, 0.717) is 10.8 Å². The molecule has 0 bridgehead atoms. The van der Waals surface area contributed by atoms with Crippen LogP contribution in [0.1, 0.15) is 30.9 Å². The van der Waals surface area contributed by atoms with Crippen molar-refractivity contribution < 1.29 is 8.42 Å². The SMILES string of the molecule is CC(C)c1ccc(CS(=O)(=O)c2ccccc2)cc1. The van der Waals surface area contributed by atoms with Crippen molar-refractivity contribution in [3.8, 4) is 0 Å². The highest BCUT2D eigenvalue weighted by Crippen LogP contribution is 2.19. The Hall–Kier alpha value is -1.61. The maximum atomic E-state index is 12.2. The summed E-state index contributed by atoms with van der Waals surface area (Å²) in [5, 5.41) is 0. The summed E-state index contributed by atoms with van der Waals surface area (Å²) in [6.07, 6.45) is 0. The third-order valence-corrected chi connectivity index (χ3v) is 4.81. The van der Waals surface area contributed by atoms with E-state index in [0.717, 1.165) is 5.56 Å². The molecule has 0 fully saturated rings. The Labute approximate surface area is 115 Å². The molecule has 2 rings (SSSR count). The lowest BCUT2D eigenvalue weighted by Gasteiger charge is -2.08. The molecule has 0 aliphatic carbocycles. The molecular formula is C16H18O2S. The van der Waals surface area contributed by atoms with Crippen LogP contribution in [-0.4, -0.2) is 8.42 Å². The topological polar surface area (TPSA) is 34.1 Å². The third kappa shape index (κ3) is 3.44. The van der Waals surface area contributed by atoms with Gasteiger partial charge < -0.3 is 0 Å². The molecular weight excluding hydrogens is 256 g/mol. The monoisotopic (exact) mass is 274 g/mol. The lowest BCUT2D eigenvalue weighted by atomic mass is 10.0. The predicted octanol–water partition coefficient (Wildman–Crippen LogP) is 3.78. The van der Waals surface area contributed by atoms with Gasteiger partial charge in [0.05, 0.1) is 10.6 Å². The lowest BCUT2D eigenvalue weighted by molar-refractivity contribution is 0.595. The first-order valence-electron chi connectivity index (χ1n) is 6.36. The molecule has 0 heterocycles. The zero-order valence-corrected chi connectivity index (χ0v) is 12.0. The smallest absolute Gasteiger partial charge is 0.182 e. The van der Waals surface area contributed by atoms with Gasteiger partial charge >= 0.3 is 0 Å². The Morgan fingerprint density at radius 2 is 1.47 bits per heavy atom. The fraction of sp³-hybridized carbons (Fsp3) is 0.250. The molecule has 3 heteroatoms. The summed E-state index contributed by atoms with van der Waals surface area (Å²) in [6.45, 7) is 4.24. The van der Waals surface area contributed by atoms with E-state index < -0.39 is 9.84 Å². The van der Waals surface area contributed by atoms with Crippen molar-refractivity contribution in [3.05, 3.63) is 65.7 Å². The van der Waals surface area contributed by atoms with E-state index in [2.05, 4.69) is 13.8 Å². The van der Waals surface area contributed by atoms with E-state index in [4.69, 9.17) is 0 Å². The number of hydrogen-bond donors (Lipinski definition) is 0. The quantitative estimate of drug-likeness (QED) is 0.850. The van der Waals surface area contributed by atoms with Gasteiger partial charge in [0.25, 0.3) is 0 Å². The molecule has 0 N–H and O–H groups in total. The van der Waals surface area contributed by atoms with Gasteiger partial charge in [-0.25, -0.2) is 8.42 Å². The summed E-state index contributed by atoms with van der Waals surface area (Å²) >= 11 is 0. The van der Waals surface area contributed by atoms with Crippen molar-refractivity contribution in [2.24, 2.45) is 0 Å². The van der Waals surface area contributed by atoms with Gasteiger partial charge in [0.15, 0.2) is 9.84 Å². The van der Waals surface area contributed by atoms with Gasteiger partial charge in [-0.3, -0.25) is 0 Å². The molecule has 0 aromatic heterocycles. The second-order valence-electron chi connectivity index (χ2n) is 4.97. The summed E-state index contributed by atoms with van der Waals surface area (Å²) in [6, 6.07) is 16.4. The Morgan fingerprint density at radius 3 is 2.00 bits per heavy atom. The third-order valence-electron chi connectivity index (χ3n) is 3.11. The molecule has 19 heavy (non-hydrogen) atoms. The predicted molar refractivity (Wildman–Crippen MR) is 77.9 cm³/mol. The molecule has 0 aliphatic heterocycles. The first-order chi connectivity index (χ1) is 8.99. The van der Waals surface area contributed by atoms with Gasteiger partial charge in [0, 0.05) is 0 Å². The van der Waals surface area contributed by atoms with E-state index in [1.807, 2.05) is 30.3 Å². The Bertz CT molecular complexity index is 626. The minimum atomic E-state index is -3.25. The number of sulfone groups is 1. The van der Waals surface area contributed by atoms with Gasteiger partial charge in [-0.15, -0.1) is 0 Å². The fourth-order valence-corrected chi connectivity index (χ4v) is 3.30. The van der Waals surface area contributed by atoms with Crippen molar-refractivity contribution in [2.45, 2.75) is 30.4 Å². The number of benzene rings is 2. The molecule has 0 amide bonds. The summed E-state index contributed by atoms with van der Waals surface area (Å²) in [5.74, 6) is 0.509. The van der Waals surface area contributed by atoms with Crippen LogP contribution in [0.15, 0.2) is 59.5 Å². The van der Waals surface area contributed by atoms with E-state index in [1.165, 1.54) is 5.56 Å². The van der Waals surface area contributed by atoms with E-state index >= 15 is 0 Å². The number of rotatable bonds is 4. The Morgan fingerprint density at radius 1 is 0.895 bits per heavy atom. The average Bonchev–Trinajstić information content (AvgIpc) is 2.40. The van der Waals surface area contributed by atoms with Crippen molar-refractivity contribution in [1.82, 2.24) is 0 Å². The summed E-state index contributed by atoms with van der Waals surface area (Å²) in [7, 11) is -3.25. The molecule has 0 saturated carbocycles. The van der Waals surface area contributed by atoms with Crippen molar-refractivity contribution in [3.63, 3.8) is 0 Å². The van der Waals surface area contributed by atoms with E-state index in [-0.39, 0.29) is 5.75 Å². The van der Waals surface area contributed by atoms with E-state index in [1.54, 1.807) is 24.3 Å². The van der Waals surface area contributed by atoms with Crippen LogP contribution >= 0.6 is 0 Å². The van der Waals surface area contributed by atoms with Crippen molar-refractivity contribution >= 4 is 9.84 Å². The molecule has 0 atom stereocenters. The first kappa shape index (κ1) is 13.8. The molecule has 2 aromatic rings. The van der Waals surface area contributed by atoms with Gasteiger partial charge in [0.2, 0.25) is 0 Å². The summed E-state index contributed by atoms with van der Waals surface area (Å²) < 4.78 is 24.4. The van der Waals surface area contributed by atoms with Gasteiger partial charge in [0.1, 0.15) is 0 Å².